The second-order valence-corrected chi connectivity index (χ2v) is 17.3. The average molecular weight is 974 g/mol. The zero-order chi connectivity index (χ0) is 51.6. The Morgan fingerprint density at radius 2 is 0.932 bits per heavy atom. The van der Waals surface area contributed by atoms with Gasteiger partial charge in [0.25, 0.3) is 0 Å². The fourth-order valence-corrected chi connectivity index (χ4v) is 10.1. The summed E-state index contributed by atoms with van der Waals surface area (Å²) in [6.07, 6.45) is -10.4. The van der Waals surface area contributed by atoms with Gasteiger partial charge in [-0.05, 0) is 106 Å². The zero-order valence-electron chi connectivity index (χ0n) is 38.1. The highest BCUT2D eigenvalue weighted by molar-refractivity contribution is 6.14. The number of alkyl halides is 6. The van der Waals surface area contributed by atoms with Gasteiger partial charge in [-0.25, -0.2) is 19.4 Å². The molecule has 11 rings (SSSR count). The van der Waals surface area contributed by atoms with Gasteiger partial charge in [0.05, 0.1) is 71.2 Å². The Hall–Kier alpha value is -10.4. The molecule has 2 heterocycles. The van der Waals surface area contributed by atoms with Gasteiger partial charge in [0.1, 0.15) is 0 Å². The molecular formula is C61H29F6N7. The lowest BCUT2D eigenvalue weighted by Crippen LogP contribution is -2.12. The average Bonchev–Trinajstić information content (AvgIpc) is 3.97. The van der Waals surface area contributed by atoms with Crippen LogP contribution in [0.3, 0.4) is 0 Å². The molecule has 7 nitrogen and oxygen atoms in total. The lowest BCUT2D eigenvalue weighted by molar-refractivity contribution is -0.142. The highest BCUT2D eigenvalue weighted by atomic mass is 19.4. The molecule has 0 atom stereocenters. The van der Waals surface area contributed by atoms with E-state index in [2.05, 4.69) is 25.4 Å². The molecule has 0 aliphatic rings. The first kappa shape index (κ1) is 46.0. The van der Waals surface area contributed by atoms with E-state index >= 15 is 13.2 Å². The molecule has 0 saturated carbocycles. The van der Waals surface area contributed by atoms with Crippen LogP contribution < -0.4 is 0 Å². The number of para-hydroxylation sites is 2. The Balaban J connectivity index is 1.26. The molecule has 0 N–H and O–H groups in total. The monoisotopic (exact) mass is 973 g/mol. The van der Waals surface area contributed by atoms with Crippen molar-refractivity contribution in [3.8, 4) is 62.0 Å². The number of benzene rings is 9. The van der Waals surface area contributed by atoms with Crippen molar-refractivity contribution in [1.82, 2.24) is 9.13 Å². The van der Waals surface area contributed by atoms with E-state index in [9.17, 15) is 18.4 Å². The molecule has 11 aromatic rings. The first-order chi connectivity index (χ1) is 35.8. The van der Waals surface area contributed by atoms with Gasteiger partial charge in [-0.2, -0.15) is 31.6 Å². The van der Waals surface area contributed by atoms with E-state index in [0.29, 0.717) is 78.4 Å². The van der Waals surface area contributed by atoms with Gasteiger partial charge in [-0.1, -0.05) is 103 Å². The zero-order valence-corrected chi connectivity index (χ0v) is 38.1. The summed E-state index contributed by atoms with van der Waals surface area (Å²) in [6.45, 7) is 32.0. The van der Waals surface area contributed by atoms with Crippen molar-refractivity contribution in [3.63, 3.8) is 0 Å². The third-order valence-electron chi connectivity index (χ3n) is 13.3. The van der Waals surface area contributed by atoms with Crippen molar-refractivity contribution < 1.29 is 26.3 Å². The minimum absolute atomic E-state index is 0.0380. The molecular weight excluding hydrogens is 945 g/mol. The first-order valence-electron chi connectivity index (χ1n) is 22.6. The number of hydrogen-bond acceptors (Lipinski definition) is 1. The molecule has 0 unspecified atom stereocenters. The van der Waals surface area contributed by atoms with Crippen LogP contribution in [0.25, 0.3) is 119 Å². The van der Waals surface area contributed by atoms with Crippen molar-refractivity contribution in [2.24, 2.45) is 0 Å². The predicted molar refractivity (Wildman–Crippen MR) is 277 cm³/mol. The molecule has 350 valence electrons. The van der Waals surface area contributed by atoms with E-state index in [1.807, 2.05) is 94.1 Å². The molecule has 2 aromatic heterocycles. The number of hydrogen-bond donors (Lipinski definition) is 0. The number of rotatable bonds is 6. The van der Waals surface area contributed by atoms with Gasteiger partial charge in [-0.3, -0.25) is 0 Å². The van der Waals surface area contributed by atoms with Gasteiger partial charge in [0, 0.05) is 43.9 Å². The van der Waals surface area contributed by atoms with E-state index in [1.165, 1.54) is 18.2 Å². The Labute approximate surface area is 418 Å². The smallest absolute Gasteiger partial charge is 0.310 e. The minimum atomic E-state index is -5.26. The quantitative estimate of drug-likeness (QED) is 0.121. The third-order valence-corrected chi connectivity index (χ3v) is 13.3. The fourth-order valence-electron chi connectivity index (χ4n) is 10.1. The van der Waals surface area contributed by atoms with E-state index in [1.54, 1.807) is 54.6 Å². The number of nitrogens with zero attached hydrogens (tertiary/aromatic N) is 7. The molecule has 74 heavy (non-hydrogen) atoms. The van der Waals surface area contributed by atoms with Crippen molar-refractivity contribution in [2.75, 3.05) is 0 Å². The van der Waals surface area contributed by atoms with Gasteiger partial charge in [0.2, 0.25) is 0 Å². The standard InChI is InChI=1S/C61H29F6N7/c1-69-39-23-26-41(51(33-39)72-4)37-21-27-54-46(31-37)43-11-5-7-15-52(43)73(54)56-17-9-13-45(42-25-22-38(60(62,63)64)32-48(42)61(65,66)67)58(56)59-49(70-2)14-10-18-57(59)74-53-16-8-6-12-44(53)47-30-36(20-28-55(47)74)40-24-19-35(34-68)29-50(40)71-3/h5-33H. The van der Waals surface area contributed by atoms with Crippen LogP contribution in [0.15, 0.2) is 176 Å². The van der Waals surface area contributed by atoms with Crippen LogP contribution in [-0.4, -0.2) is 9.13 Å². The van der Waals surface area contributed by atoms with Gasteiger partial charge in [-0.15, -0.1) is 0 Å². The maximum Gasteiger partial charge on any atom is 0.417 e. The summed E-state index contributed by atoms with van der Waals surface area (Å²) in [7, 11) is 0. The molecule has 0 aliphatic carbocycles. The summed E-state index contributed by atoms with van der Waals surface area (Å²) < 4.78 is 93.0. The number of halogens is 6. The van der Waals surface area contributed by atoms with Gasteiger partial charge < -0.3 is 9.13 Å². The second-order valence-electron chi connectivity index (χ2n) is 17.3. The highest BCUT2D eigenvalue weighted by Gasteiger charge is 2.39. The Morgan fingerprint density at radius 1 is 0.405 bits per heavy atom. The van der Waals surface area contributed by atoms with Crippen LogP contribution in [0.4, 0.5) is 49.1 Å². The van der Waals surface area contributed by atoms with Crippen molar-refractivity contribution >= 4 is 66.4 Å². The highest BCUT2D eigenvalue weighted by Crippen LogP contribution is 2.51. The molecule has 0 spiro atoms. The third kappa shape index (κ3) is 7.42. The topological polar surface area (TPSA) is 51.1 Å². The number of aromatic nitrogens is 2. The largest absolute Gasteiger partial charge is 0.417 e. The lowest BCUT2D eigenvalue weighted by atomic mass is 9.87. The summed E-state index contributed by atoms with van der Waals surface area (Å²) in [5.41, 5.74) is 3.57. The van der Waals surface area contributed by atoms with Crippen LogP contribution in [0.2, 0.25) is 0 Å². The normalized spacial score (nSPS) is 11.6. The molecule has 0 amide bonds. The fraction of sp³-hybridized carbons (Fsp3) is 0.0328. The molecule has 0 aliphatic heterocycles. The van der Waals surface area contributed by atoms with Crippen molar-refractivity contribution in [2.45, 2.75) is 12.4 Å². The summed E-state index contributed by atoms with van der Waals surface area (Å²) >= 11 is 0. The van der Waals surface area contributed by atoms with Crippen LogP contribution in [-0.2, 0) is 12.4 Å². The van der Waals surface area contributed by atoms with Crippen LogP contribution in [0.5, 0.6) is 0 Å². The van der Waals surface area contributed by atoms with E-state index < -0.39 is 29.0 Å². The Morgan fingerprint density at radius 3 is 1.49 bits per heavy atom. The SMILES string of the molecule is [C-]#[N+]c1ccc(-c2ccc3c(c2)c2ccccc2n3-c2cccc(-c3ccc(C(F)(F)F)cc3C(F)(F)F)c2-c2c([N+]#[C-])cccc2-n2c3ccccc3c3cc(-c4ccc(C#N)cc4[N+]#[C-])ccc32)c([N+]#[C-])c1. The molecule has 0 fully saturated rings. The van der Waals surface area contributed by atoms with E-state index in [0.717, 1.165) is 22.2 Å². The Kier molecular flexibility index (Phi) is 10.9. The summed E-state index contributed by atoms with van der Waals surface area (Å²) in [4.78, 5) is 14.9. The van der Waals surface area contributed by atoms with Crippen LogP contribution in [0, 0.1) is 37.6 Å². The second kappa shape index (κ2) is 17.5. The first-order valence-corrected chi connectivity index (χ1v) is 22.6. The summed E-state index contributed by atoms with van der Waals surface area (Å²) in [5.74, 6) is 0. The van der Waals surface area contributed by atoms with E-state index in [-0.39, 0.29) is 39.8 Å². The number of nitriles is 1. The minimum Gasteiger partial charge on any atom is -0.310 e. The van der Waals surface area contributed by atoms with Crippen molar-refractivity contribution in [1.29, 1.82) is 5.26 Å². The Bertz CT molecular complexity index is 4420. The van der Waals surface area contributed by atoms with Gasteiger partial charge in [0.15, 0.2) is 22.7 Å². The van der Waals surface area contributed by atoms with Crippen LogP contribution >= 0.6 is 0 Å². The predicted octanol–water partition coefficient (Wildman–Crippen LogP) is 18.7. The van der Waals surface area contributed by atoms with E-state index in [4.69, 9.17) is 26.3 Å². The summed E-state index contributed by atoms with van der Waals surface area (Å²) in [6, 6.07) is 49.1. The van der Waals surface area contributed by atoms with Crippen LogP contribution in [0.1, 0.15) is 16.7 Å². The molecule has 0 bridgehead atoms. The summed E-state index contributed by atoms with van der Waals surface area (Å²) in [5, 5.41) is 12.5. The van der Waals surface area contributed by atoms with Crippen molar-refractivity contribution in [3.05, 3.63) is 238 Å². The molecule has 0 radical (unpaired) electrons. The maximum absolute atomic E-state index is 15.5. The molecule has 13 heteroatoms. The lowest BCUT2D eigenvalue weighted by Gasteiger charge is -2.24. The maximum atomic E-state index is 15.5. The number of fused-ring (bicyclic) bond motifs is 6. The molecule has 9 aromatic carbocycles. The van der Waals surface area contributed by atoms with Gasteiger partial charge >= 0.3 is 12.4 Å². The molecule has 0 saturated heterocycles.